The minimum atomic E-state index is -0.939. The van der Waals surface area contributed by atoms with E-state index in [4.69, 9.17) is 19.7 Å². The first-order chi connectivity index (χ1) is 16.3. The second kappa shape index (κ2) is 27.3. The molecule has 0 atom stereocenters. The zero-order chi connectivity index (χ0) is 25.4. The summed E-state index contributed by atoms with van der Waals surface area (Å²) in [6, 6.07) is 31.4. The van der Waals surface area contributed by atoms with Gasteiger partial charge in [0, 0.05) is 0 Å². The summed E-state index contributed by atoms with van der Waals surface area (Å²) in [4.78, 5) is 20.1. The molecular formula is C28H34Li2O6. The molecule has 0 saturated carbocycles. The largest absolute Gasteiger partial charge is 1.00 e. The molecule has 0 aliphatic rings. The van der Waals surface area contributed by atoms with E-state index < -0.39 is 11.9 Å². The third-order valence-corrected chi connectivity index (χ3v) is 3.28. The Hall–Kier alpha value is -2.29. The summed E-state index contributed by atoms with van der Waals surface area (Å²) < 4.78 is 9.76. The quantitative estimate of drug-likeness (QED) is 0.340. The second-order valence-electron chi connectivity index (χ2n) is 7.32. The summed E-state index contributed by atoms with van der Waals surface area (Å²) in [6.45, 7) is 6.48. The first kappa shape index (κ1) is 38.2. The zero-order valence-corrected chi connectivity index (χ0v) is 22.0. The van der Waals surface area contributed by atoms with E-state index >= 15 is 0 Å². The van der Waals surface area contributed by atoms with Crippen LogP contribution in [0.1, 0.15) is 31.9 Å². The van der Waals surface area contributed by atoms with Crippen LogP contribution in [-0.2, 0) is 32.3 Å². The molecule has 2 N–H and O–H groups in total. The van der Waals surface area contributed by atoms with Crippen molar-refractivity contribution in [1.82, 2.24) is 0 Å². The standard InChI is InChI=1S/2C9H10O3.C6H5.C4H9.2Li/c2*10-9(11)7-12-6-8-4-2-1-3-5-8;1-2-4-6-5-3-1;1-4(2)3;;/h2*1-5H,6-7H2,(H,10,11);1-5H;1-3H3;;/q;;2*-1;2*+1. The predicted octanol–water partition coefficient (Wildman–Crippen LogP) is -0.309. The third kappa shape index (κ3) is 29.7. The Bertz CT molecular complexity index is 778. The molecule has 36 heavy (non-hydrogen) atoms. The van der Waals surface area contributed by atoms with Gasteiger partial charge in [0.1, 0.15) is 13.2 Å². The van der Waals surface area contributed by atoms with Gasteiger partial charge in [0.25, 0.3) is 0 Å². The molecule has 3 aromatic carbocycles. The van der Waals surface area contributed by atoms with Crippen molar-refractivity contribution >= 4 is 11.9 Å². The van der Waals surface area contributed by atoms with Gasteiger partial charge in [0.15, 0.2) is 0 Å². The average molecular weight is 480 g/mol. The van der Waals surface area contributed by atoms with Gasteiger partial charge in [0.05, 0.1) is 13.2 Å². The number of ether oxygens (including phenoxy) is 2. The maximum atomic E-state index is 10.1. The molecule has 0 amide bonds. The van der Waals surface area contributed by atoms with Crippen LogP contribution < -0.4 is 37.7 Å². The van der Waals surface area contributed by atoms with E-state index in [1.165, 1.54) is 5.92 Å². The van der Waals surface area contributed by atoms with Gasteiger partial charge >= 0.3 is 49.7 Å². The van der Waals surface area contributed by atoms with Crippen LogP contribution in [0.15, 0.2) is 91.0 Å². The fourth-order valence-corrected chi connectivity index (χ4v) is 2.00. The van der Waals surface area contributed by atoms with Crippen LogP contribution in [0, 0.1) is 12.0 Å². The third-order valence-electron chi connectivity index (χ3n) is 3.28. The van der Waals surface area contributed by atoms with E-state index in [9.17, 15) is 9.59 Å². The number of hydrogen-bond acceptors (Lipinski definition) is 4. The molecule has 0 spiro atoms. The fraction of sp³-hybridized carbons (Fsp3) is 0.250. The summed E-state index contributed by atoms with van der Waals surface area (Å²) in [5, 5.41) is 16.5. The van der Waals surface area contributed by atoms with Gasteiger partial charge in [-0.25, -0.2) is 9.59 Å². The molecule has 0 saturated heterocycles. The van der Waals surface area contributed by atoms with Gasteiger partial charge in [-0.15, -0.1) is 0 Å². The van der Waals surface area contributed by atoms with E-state index in [1.807, 2.05) is 91.0 Å². The Morgan fingerprint density at radius 1 is 0.667 bits per heavy atom. The maximum absolute atomic E-state index is 10.1. The average Bonchev–Trinajstić information content (AvgIpc) is 2.82. The summed E-state index contributed by atoms with van der Waals surface area (Å²) >= 11 is 0. The number of carboxylic acid groups (broad SMARTS) is 2. The SMILES string of the molecule is C[C-](C)C.O=C(O)COCc1ccccc1.O=C(O)COCc1ccccc1.[Li+].[Li+].[c-]1ccccc1. The molecule has 3 aromatic rings. The first-order valence-electron chi connectivity index (χ1n) is 10.7. The number of hydrogen-bond donors (Lipinski definition) is 2. The minimum Gasteiger partial charge on any atom is -0.480 e. The van der Waals surface area contributed by atoms with Crippen molar-refractivity contribution in [3.63, 3.8) is 0 Å². The van der Waals surface area contributed by atoms with Crippen LogP contribution in [0.25, 0.3) is 0 Å². The Kier molecular flexibility index (Phi) is 29.0. The molecule has 0 radical (unpaired) electrons. The fourth-order valence-electron chi connectivity index (χ4n) is 2.00. The van der Waals surface area contributed by atoms with Crippen molar-refractivity contribution in [2.75, 3.05) is 13.2 Å². The van der Waals surface area contributed by atoms with Gasteiger partial charge in [-0.2, -0.15) is 57.2 Å². The van der Waals surface area contributed by atoms with Crippen LogP contribution >= 0.6 is 0 Å². The number of rotatable bonds is 8. The Morgan fingerprint density at radius 3 is 1.19 bits per heavy atom. The molecule has 0 unspecified atom stereocenters. The minimum absolute atomic E-state index is 0. The molecule has 6 nitrogen and oxygen atoms in total. The summed E-state index contributed by atoms with van der Waals surface area (Å²) in [5.41, 5.74) is 1.97. The molecule has 0 aromatic heterocycles. The van der Waals surface area contributed by atoms with E-state index in [1.54, 1.807) is 0 Å². The summed E-state index contributed by atoms with van der Waals surface area (Å²) in [7, 11) is 0. The van der Waals surface area contributed by atoms with E-state index in [0.717, 1.165) is 11.1 Å². The molecule has 0 heterocycles. The zero-order valence-electron chi connectivity index (χ0n) is 22.0. The van der Waals surface area contributed by atoms with Crippen LogP contribution in [0.2, 0.25) is 0 Å². The molecule has 0 aliphatic heterocycles. The van der Waals surface area contributed by atoms with Gasteiger partial charge in [-0.1, -0.05) is 60.7 Å². The number of benzene rings is 3. The van der Waals surface area contributed by atoms with Crippen molar-refractivity contribution < 1.29 is 67.0 Å². The van der Waals surface area contributed by atoms with Gasteiger partial charge in [0.2, 0.25) is 0 Å². The van der Waals surface area contributed by atoms with Crippen molar-refractivity contribution in [3.05, 3.63) is 114 Å². The normalized spacial score (nSPS) is 8.78. The molecule has 0 fully saturated rings. The molecule has 8 heteroatoms. The van der Waals surface area contributed by atoms with Crippen LogP contribution in [0.5, 0.6) is 0 Å². The molecular weight excluding hydrogens is 446 g/mol. The first-order valence-corrected chi connectivity index (χ1v) is 10.7. The molecule has 3 rings (SSSR count). The molecule has 184 valence electrons. The van der Waals surface area contributed by atoms with Gasteiger partial charge in [-0.3, -0.25) is 0 Å². The number of carboxylic acids is 2. The van der Waals surface area contributed by atoms with Gasteiger partial charge in [-0.05, 0) is 11.1 Å². The van der Waals surface area contributed by atoms with E-state index in [-0.39, 0.29) is 50.9 Å². The Balaban J connectivity index is -0.000000427. The van der Waals surface area contributed by atoms with Crippen molar-refractivity contribution in [2.45, 2.75) is 34.0 Å². The number of aliphatic carboxylic acids is 2. The maximum Gasteiger partial charge on any atom is 1.00 e. The van der Waals surface area contributed by atoms with Crippen LogP contribution in [0.3, 0.4) is 0 Å². The molecule has 0 bridgehead atoms. The van der Waals surface area contributed by atoms with E-state index in [0.29, 0.717) is 13.2 Å². The van der Waals surface area contributed by atoms with Crippen molar-refractivity contribution in [3.8, 4) is 0 Å². The van der Waals surface area contributed by atoms with Crippen molar-refractivity contribution in [1.29, 1.82) is 0 Å². The van der Waals surface area contributed by atoms with Crippen LogP contribution in [0.4, 0.5) is 0 Å². The van der Waals surface area contributed by atoms with Gasteiger partial charge < -0.3 is 25.6 Å². The predicted molar refractivity (Wildman–Crippen MR) is 133 cm³/mol. The summed E-state index contributed by atoms with van der Waals surface area (Å²) in [6.07, 6.45) is 0. The van der Waals surface area contributed by atoms with Crippen LogP contribution in [-0.4, -0.2) is 35.4 Å². The topological polar surface area (TPSA) is 93.1 Å². The monoisotopic (exact) mass is 480 g/mol. The molecule has 0 aliphatic carbocycles. The second-order valence-corrected chi connectivity index (χ2v) is 7.32. The van der Waals surface area contributed by atoms with E-state index in [2.05, 4.69) is 26.8 Å². The number of carbonyl (C=O) groups is 2. The smallest absolute Gasteiger partial charge is 0.480 e. The Morgan fingerprint density at radius 2 is 0.972 bits per heavy atom. The Labute approximate surface area is 239 Å². The summed E-state index contributed by atoms with van der Waals surface area (Å²) in [5.74, 6) is -0.461. The van der Waals surface area contributed by atoms with Crippen molar-refractivity contribution in [2.24, 2.45) is 0 Å².